The highest BCUT2D eigenvalue weighted by Gasteiger charge is 2.25. The number of fused-ring (bicyclic) bond motifs is 1. The first-order valence-electron chi connectivity index (χ1n) is 7.67. The van der Waals surface area contributed by atoms with E-state index in [9.17, 15) is 15.2 Å². The molecule has 1 aliphatic heterocycles. The smallest absolute Gasteiger partial charge is 0.267 e. The Labute approximate surface area is 140 Å². The highest BCUT2D eigenvalue weighted by molar-refractivity contribution is 6.06. The summed E-state index contributed by atoms with van der Waals surface area (Å²) in [4.78, 5) is 14.3. The number of phenols is 1. The number of nitrogens with one attached hydrogen (secondary N) is 1. The van der Waals surface area contributed by atoms with E-state index in [4.69, 9.17) is 0 Å². The van der Waals surface area contributed by atoms with Crippen LogP contribution in [0.1, 0.15) is 12.5 Å². The van der Waals surface area contributed by atoms with Crippen molar-refractivity contribution in [2.75, 3.05) is 10.2 Å². The van der Waals surface area contributed by atoms with Crippen LogP contribution in [-0.4, -0.2) is 17.1 Å². The van der Waals surface area contributed by atoms with Crippen molar-refractivity contribution in [3.05, 3.63) is 65.9 Å². The molecule has 0 aliphatic carbocycles. The van der Waals surface area contributed by atoms with Crippen molar-refractivity contribution < 1.29 is 9.90 Å². The maximum absolute atomic E-state index is 12.4. The molecule has 1 aliphatic rings. The van der Waals surface area contributed by atoms with Gasteiger partial charge in [0.2, 0.25) is 0 Å². The third-order valence-electron chi connectivity index (χ3n) is 4.00. The Kier molecular flexibility index (Phi) is 4.21. The molecule has 1 heterocycles. The average Bonchev–Trinajstić information content (AvgIpc) is 2.87. The summed E-state index contributed by atoms with van der Waals surface area (Å²) in [6, 6.07) is 16.3. The van der Waals surface area contributed by atoms with Crippen LogP contribution in [0.5, 0.6) is 5.75 Å². The molecular weight excluding hydrogens is 302 g/mol. The minimum absolute atomic E-state index is 0.0156. The fourth-order valence-electron chi connectivity index (χ4n) is 2.85. The largest absolute Gasteiger partial charge is 0.508 e. The van der Waals surface area contributed by atoms with Crippen LogP contribution in [0.25, 0.3) is 0 Å². The molecular formula is C19H17N3O2. The monoisotopic (exact) mass is 319 g/mol. The average molecular weight is 319 g/mol. The lowest BCUT2D eigenvalue weighted by Crippen LogP contribution is -2.25. The van der Waals surface area contributed by atoms with Gasteiger partial charge in [-0.2, -0.15) is 5.26 Å². The standard InChI is InChI=1S/C19H17N3O2/c1-13-9-14-5-2-3-8-18(14)22(13)12-15(11-20)19(24)21-16-6-4-7-17(23)10-16/h2-8,10,12-13,23H,9H2,1H3,(H,21,24)/b15-12-. The highest BCUT2D eigenvalue weighted by atomic mass is 16.3. The van der Waals surface area contributed by atoms with Crippen molar-refractivity contribution in [2.24, 2.45) is 0 Å². The summed E-state index contributed by atoms with van der Waals surface area (Å²) in [6.45, 7) is 2.05. The van der Waals surface area contributed by atoms with E-state index in [-0.39, 0.29) is 17.4 Å². The van der Waals surface area contributed by atoms with Gasteiger partial charge in [0.15, 0.2) is 0 Å². The lowest BCUT2D eigenvalue weighted by atomic mass is 10.1. The second kappa shape index (κ2) is 6.47. The van der Waals surface area contributed by atoms with Crippen molar-refractivity contribution in [1.82, 2.24) is 0 Å². The van der Waals surface area contributed by atoms with Crippen molar-refractivity contribution in [2.45, 2.75) is 19.4 Å². The van der Waals surface area contributed by atoms with Gasteiger partial charge in [-0.05, 0) is 37.1 Å². The molecule has 1 amide bonds. The van der Waals surface area contributed by atoms with Gasteiger partial charge in [-0.1, -0.05) is 24.3 Å². The summed E-state index contributed by atoms with van der Waals surface area (Å²) in [5.41, 5.74) is 2.67. The Bertz CT molecular complexity index is 852. The molecule has 5 nitrogen and oxygen atoms in total. The molecule has 120 valence electrons. The predicted molar refractivity (Wildman–Crippen MR) is 92.5 cm³/mol. The first-order chi connectivity index (χ1) is 11.6. The van der Waals surface area contributed by atoms with E-state index in [0.29, 0.717) is 5.69 Å². The summed E-state index contributed by atoms with van der Waals surface area (Å²) in [5.74, 6) is -0.447. The van der Waals surface area contributed by atoms with Crippen LogP contribution in [0, 0.1) is 11.3 Å². The molecule has 1 unspecified atom stereocenters. The third kappa shape index (κ3) is 3.08. The minimum atomic E-state index is -0.500. The van der Waals surface area contributed by atoms with Crippen LogP contribution in [0.2, 0.25) is 0 Å². The van der Waals surface area contributed by atoms with Gasteiger partial charge in [-0.25, -0.2) is 0 Å². The van der Waals surface area contributed by atoms with Crippen LogP contribution in [-0.2, 0) is 11.2 Å². The van der Waals surface area contributed by atoms with Gasteiger partial charge >= 0.3 is 0 Å². The van der Waals surface area contributed by atoms with Crippen LogP contribution in [0.3, 0.4) is 0 Å². The number of amides is 1. The summed E-state index contributed by atoms with van der Waals surface area (Å²) in [5, 5.41) is 21.5. The number of hydrogen-bond donors (Lipinski definition) is 2. The number of benzene rings is 2. The normalized spacial score (nSPS) is 16.4. The number of anilines is 2. The van der Waals surface area contributed by atoms with Gasteiger partial charge in [0, 0.05) is 29.7 Å². The van der Waals surface area contributed by atoms with Gasteiger partial charge in [0.05, 0.1) is 0 Å². The van der Waals surface area contributed by atoms with Gasteiger partial charge < -0.3 is 15.3 Å². The van der Waals surface area contributed by atoms with E-state index in [1.54, 1.807) is 18.3 Å². The Balaban J connectivity index is 1.85. The van der Waals surface area contributed by atoms with Crippen molar-refractivity contribution in [3.63, 3.8) is 0 Å². The fourth-order valence-corrected chi connectivity index (χ4v) is 2.85. The molecule has 0 saturated carbocycles. The molecule has 0 fully saturated rings. The third-order valence-corrected chi connectivity index (χ3v) is 4.00. The van der Waals surface area contributed by atoms with Crippen LogP contribution in [0.15, 0.2) is 60.3 Å². The lowest BCUT2D eigenvalue weighted by Gasteiger charge is -2.20. The molecule has 0 radical (unpaired) electrons. The lowest BCUT2D eigenvalue weighted by molar-refractivity contribution is -0.112. The first-order valence-corrected chi connectivity index (χ1v) is 7.67. The quantitative estimate of drug-likeness (QED) is 0.673. The second-order valence-corrected chi connectivity index (χ2v) is 5.75. The number of nitrogens with zero attached hydrogens (tertiary/aromatic N) is 2. The van der Waals surface area contributed by atoms with E-state index in [2.05, 4.69) is 18.3 Å². The molecule has 0 bridgehead atoms. The molecule has 0 aromatic heterocycles. The molecule has 5 heteroatoms. The van der Waals surface area contributed by atoms with Crippen molar-refractivity contribution >= 4 is 17.3 Å². The van der Waals surface area contributed by atoms with Gasteiger partial charge in [-0.3, -0.25) is 4.79 Å². The Morgan fingerprint density at radius 3 is 2.88 bits per heavy atom. The van der Waals surface area contributed by atoms with Crippen molar-refractivity contribution in [3.8, 4) is 11.8 Å². The maximum atomic E-state index is 12.4. The zero-order chi connectivity index (χ0) is 17.1. The zero-order valence-corrected chi connectivity index (χ0v) is 13.2. The molecule has 2 N–H and O–H groups in total. The molecule has 0 spiro atoms. The van der Waals surface area contributed by atoms with Gasteiger partial charge in [0.25, 0.3) is 5.91 Å². The predicted octanol–water partition coefficient (Wildman–Crippen LogP) is 3.19. The fraction of sp³-hybridized carbons (Fsp3) is 0.158. The number of carbonyl (C=O) groups is 1. The van der Waals surface area contributed by atoms with E-state index < -0.39 is 5.91 Å². The highest BCUT2D eigenvalue weighted by Crippen LogP contribution is 2.32. The SMILES string of the molecule is CC1Cc2ccccc2N1/C=C(/C#N)C(=O)Nc1cccc(O)c1. The summed E-state index contributed by atoms with van der Waals surface area (Å²) < 4.78 is 0. The van der Waals surface area contributed by atoms with E-state index in [1.807, 2.05) is 29.2 Å². The van der Waals surface area contributed by atoms with Crippen molar-refractivity contribution in [1.29, 1.82) is 5.26 Å². The topological polar surface area (TPSA) is 76.4 Å². The number of rotatable bonds is 3. The number of aromatic hydroxyl groups is 1. The van der Waals surface area contributed by atoms with Gasteiger partial charge in [-0.15, -0.1) is 0 Å². The van der Waals surface area contributed by atoms with Crippen LogP contribution < -0.4 is 10.2 Å². The van der Waals surface area contributed by atoms with Crippen LogP contribution >= 0.6 is 0 Å². The molecule has 24 heavy (non-hydrogen) atoms. The Hall–Kier alpha value is -3.26. The van der Waals surface area contributed by atoms with Crippen LogP contribution in [0.4, 0.5) is 11.4 Å². The van der Waals surface area contributed by atoms with E-state index >= 15 is 0 Å². The maximum Gasteiger partial charge on any atom is 0.267 e. The summed E-state index contributed by atoms with van der Waals surface area (Å²) >= 11 is 0. The zero-order valence-electron chi connectivity index (χ0n) is 13.2. The molecule has 2 aromatic rings. The Morgan fingerprint density at radius 1 is 1.33 bits per heavy atom. The van der Waals surface area contributed by atoms with E-state index in [0.717, 1.165) is 12.1 Å². The van der Waals surface area contributed by atoms with E-state index in [1.165, 1.54) is 17.7 Å². The second-order valence-electron chi connectivity index (χ2n) is 5.75. The minimum Gasteiger partial charge on any atom is -0.508 e. The number of phenolic OH excluding ortho intramolecular Hbond substituents is 1. The number of para-hydroxylation sites is 1. The number of hydrogen-bond acceptors (Lipinski definition) is 4. The number of carbonyl (C=O) groups excluding carboxylic acids is 1. The molecule has 1 atom stereocenters. The number of nitriles is 1. The summed E-state index contributed by atoms with van der Waals surface area (Å²) in [7, 11) is 0. The van der Waals surface area contributed by atoms with Gasteiger partial charge in [0.1, 0.15) is 17.4 Å². The Morgan fingerprint density at radius 2 is 2.12 bits per heavy atom. The molecule has 3 rings (SSSR count). The molecule has 0 saturated heterocycles. The summed E-state index contributed by atoms with van der Waals surface area (Å²) in [6.07, 6.45) is 2.47. The first kappa shape index (κ1) is 15.6. The molecule has 2 aromatic carbocycles.